The molecule has 3 aliphatic heterocycles. The summed E-state index contributed by atoms with van der Waals surface area (Å²) in [4.78, 5) is 50.8. The molecule has 1 unspecified atom stereocenters. The predicted octanol–water partition coefficient (Wildman–Crippen LogP) is 0.933. The van der Waals surface area contributed by atoms with Crippen LogP contribution in [0, 0.1) is 0 Å². The number of nitrogens with zero attached hydrogens (tertiary/aromatic N) is 1. The summed E-state index contributed by atoms with van der Waals surface area (Å²) in [5.41, 5.74) is 2.68. The Morgan fingerprint density at radius 1 is 0.969 bits per heavy atom. The first-order valence-electron chi connectivity index (χ1n) is 10.9. The number of hydrogen-bond acceptors (Lipinski definition) is 6. The molecule has 164 valence electrons. The highest BCUT2D eigenvalue weighted by molar-refractivity contribution is 6.24. The molecule has 0 saturated carbocycles. The zero-order valence-corrected chi connectivity index (χ0v) is 17.5. The van der Waals surface area contributed by atoms with Crippen molar-refractivity contribution in [1.82, 2.24) is 20.9 Å². The first-order chi connectivity index (χ1) is 15.5. The Morgan fingerprint density at radius 3 is 2.50 bits per heavy atom. The van der Waals surface area contributed by atoms with E-state index < -0.39 is 23.8 Å². The van der Waals surface area contributed by atoms with Crippen LogP contribution in [0.25, 0.3) is 0 Å². The van der Waals surface area contributed by atoms with Gasteiger partial charge in [-0.15, -0.1) is 0 Å². The lowest BCUT2D eigenvalue weighted by atomic mass is 9.85. The summed E-state index contributed by atoms with van der Waals surface area (Å²) < 4.78 is 0. The molecule has 8 nitrogen and oxygen atoms in total. The SMILES string of the molecule is O=C1CCC(N2C(=O)c3cccc(CNC[C@@H]4NC[C@H]4c4ccccc4)c3C2=O)C(=O)N1. The van der Waals surface area contributed by atoms with Gasteiger partial charge < -0.3 is 10.6 Å². The molecule has 0 aromatic heterocycles. The van der Waals surface area contributed by atoms with E-state index in [1.165, 1.54) is 5.56 Å². The molecule has 5 rings (SSSR count). The average molecular weight is 432 g/mol. The number of piperidine rings is 1. The summed E-state index contributed by atoms with van der Waals surface area (Å²) in [6, 6.07) is 14.9. The molecular weight excluding hydrogens is 408 g/mol. The molecule has 2 saturated heterocycles. The minimum atomic E-state index is -0.952. The fraction of sp³-hybridized carbons (Fsp3) is 0.333. The van der Waals surface area contributed by atoms with E-state index in [2.05, 4.69) is 28.1 Å². The Balaban J connectivity index is 1.27. The summed E-state index contributed by atoms with van der Waals surface area (Å²) in [7, 11) is 0. The molecule has 3 atom stereocenters. The number of nitrogens with one attached hydrogen (secondary N) is 3. The average Bonchev–Trinajstić information content (AvgIpc) is 3.02. The van der Waals surface area contributed by atoms with Crippen molar-refractivity contribution in [3.63, 3.8) is 0 Å². The summed E-state index contributed by atoms with van der Waals surface area (Å²) in [6.07, 6.45) is 0.257. The molecule has 2 aromatic carbocycles. The molecule has 0 radical (unpaired) electrons. The van der Waals surface area contributed by atoms with Crippen molar-refractivity contribution in [2.75, 3.05) is 13.1 Å². The van der Waals surface area contributed by atoms with Crippen LogP contribution in [0.3, 0.4) is 0 Å². The quantitative estimate of drug-likeness (QED) is 0.587. The van der Waals surface area contributed by atoms with E-state index in [9.17, 15) is 19.2 Å². The number of hydrogen-bond donors (Lipinski definition) is 3. The van der Waals surface area contributed by atoms with Crippen LogP contribution in [0.2, 0.25) is 0 Å². The highest BCUT2D eigenvalue weighted by Gasteiger charge is 2.45. The molecule has 2 aromatic rings. The topological polar surface area (TPSA) is 108 Å². The summed E-state index contributed by atoms with van der Waals surface area (Å²) in [5, 5.41) is 9.07. The van der Waals surface area contributed by atoms with Crippen molar-refractivity contribution in [2.45, 2.75) is 37.4 Å². The van der Waals surface area contributed by atoms with Gasteiger partial charge in [-0.05, 0) is 23.6 Å². The fourth-order valence-electron chi connectivity index (χ4n) is 4.76. The molecule has 0 spiro atoms. The highest BCUT2D eigenvalue weighted by Crippen LogP contribution is 2.30. The van der Waals surface area contributed by atoms with Gasteiger partial charge in [0.15, 0.2) is 0 Å². The third-order valence-corrected chi connectivity index (χ3v) is 6.55. The highest BCUT2D eigenvalue weighted by atomic mass is 16.2. The van der Waals surface area contributed by atoms with Crippen LogP contribution < -0.4 is 16.0 Å². The van der Waals surface area contributed by atoms with Crippen molar-refractivity contribution >= 4 is 23.6 Å². The lowest BCUT2D eigenvalue weighted by molar-refractivity contribution is -0.136. The Bertz CT molecular complexity index is 1100. The Morgan fingerprint density at radius 2 is 1.78 bits per heavy atom. The van der Waals surface area contributed by atoms with Crippen molar-refractivity contribution < 1.29 is 19.2 Å². The van der Waals surface area contributed by atoms with Gasteiger partial charge in [0.05, 0.1) is 11.1 Å². The van der Waals surface area contributed by atoms with Crippen LogP contribution >= 0.6 is 0 Å². The number of fused-ring (bicyclic) bond motifs is 1. The van der Waals surface area contributed by atoms with Crippen LogP contribution in [0.5, 0.6) is 0 Å². The van der Waals surface area contributed by atoms with E-state index in [4.69, 9.17) is 0 Å². The number of carbonyl (C=O) groups is 4. The van der Waals surface area contributed by atoms with Gasteiger partial charge in [0.25, 0.3) is 11.8 Å². The molecule has 0 aliphatic carbocycles. The molecule has 0 bridgehead atoms. The maximum atomic E-state index is 13.2. The Hall–Kier alpha value is -3.36. The van der Waals surface area contributed by atoms with E-state index in [0.29, 0.717) is 29.6 Å². The van der Waals surface area contributed by atoms with E-state index >= 15 is 0 Å². The Labute approximate surface area is 185 Å². The zero-order valence-electron chi connectivity index (χ0n) is 17.5. The van der Waals surface area contributed by atoms with Gasteiger partial charge in [0.1, 0.15) is 6.04 Å². The monoisotopic (exact) mass is 432 g/mol. The second-order valence-corrected chi connectivity index (χ2v) is 8.45. The van der Waals surface area contributed by atoms with E-state index in [-0.39, 0.29) is 18.7 Å². The predicted molar refractivity (Wildman–Crippen MR) is 116 cm³/mol. The van der Waals surface area contributed by atoms with Gasteiger partial charge in [0, 0.05) is 38.0 Å². The molecule has 3 N–H and O–H groups in total. The Kier molecular flexibility index (Phi) is 5.32. The third-order valence-electron chi connectivity index (χ3n) is 6.55. The third kappa shape index (κ3) is 3.51. The number of carbonyl (C=O) groups excluding carboxylic acids is 4. The number of imide groups is 2. The van der Waals surface area contributed by atoms with Gasteiger partial charge >= 0.3 is 0 Å². The van der Waals surface area contributed by atoms with Crippen molar-refractivity contribution in [3.8, 4) is 0 Å². The zero-order chi connectivity index (χ0) is 22.2. The van der Waals surface area contributed by atoms with Crippen LogP contribution in [0.4, 0.5) is 0 Å². The molecule has 2 fully saturated rings. The second kappa shape index (κ2) is 8.29. The van der Waals surface area contributed by atoms with E-state index in [1.807, 2.05) is 24.3 Å². The van der Waals surface area contributed by atoms with Crippen molar-refractivity contribution in [3.05, 3.63) is 70.8 Å². The number of amides is 4. The van der Waals surface area contributed by atoms with Crippen LogP contribution in [-0.4, -0.2) is 53.7 Å². The van der Waals surface area contributed by atoms with E-state index in [1.54, 1.807) is 12.1 Å². The van der Waals surface area contributed by atoms with Gasteiger partial charge in [-0.1, -0.05) is 42.5 Å². The lowest BCUT2D eigenvalue weighted by Crippen LogP contribution is -2.55. The first kappa shape index (κ1) is 20.5. The molecular formula is C24H24N4O4. The van der Waals surface area contributed by atoms with Crippen LogP contribution in [0.15, 0.2) is 48.5 Å². The molecule has 3 heterocycles. The first-order valence-corrected chi connectivity index (χ1v) is 10.9. The summed E-state index contributed by atoms with van der Waals surface area (Å²) >= 11 is 0. The van der Waals surface area contributed by atoms with Gasteiger partial charge in [-0.3, -0.25) is 29.4 Å². The van der Waals surface area contributed by atoms with Gasteiger partial charge in [-0.2, -0.15) is 0 Å². The largest absolute Gasteiger partial charge is 0.311 e. The van der Waals surface area contributed by atoms with Gasteiger partial charge in [0.2, 0.25) is 11.8 Å². The smallest absolute Gasteiger partial charge is 0.262 e. The number of rotatable bonds is 6. The maximum Gasteiger partial charge on any atom is 0.262 e. The van der Waals surface area contributed by atoms with Crippen LogP contribution in [0.1, 0.15) is 50.6 Å². The molecule has 3 aliphatic rings. The molecule has 4 amide bonds. The van der Waals surface area contributed by atoms with Crippen LogP contribution in [-0.2, 0) is 16.1 Å². The fourth-order valence-corrected chi connectivity index (χ4v) is 4.76. The van der Waals surface area contributed by atoms with Gasteiger partial charge in [-0.25, -0.2) is 0 Å². The number of benzene rings is 2. The second-order valence-electron chi connectivity index (χ2n) is 8.45. The molecule has 32 heavy (non-hydrogen) atoms. The molecule has 8 heteroatoms. The summed E-state index contributed by atoms with van der Waals surface area (Å²) in [6.45, 7) is 2.10. The maximum absolute atomic E-state index is 13.2. The normalized spacial score (nSPS) is 24.9. The standard InChI is InChI=1S/C24H24N4O4/c29-20-10-9-19(22(30)27-20)28-23(31)16-8-4-7-15(21(16)24(28)32)11-25-13-18-17(12-26-18)14-5-2-1-3-6-14/h1-8,17-19,25-26H,9-13H2,(H,27,29,30)/t17-,18-,19?/m0/s1. The summed E-state index contributed by atoms with van der Waals surface area (Å²) in [5.74, 6) is -1.49. The lowest BCUT2D eigenvalue weighted by Gasteiger charge is -2.38. The van der Waals surface area contributed by atoms with Crippen molar-refractivity contribution in [1.29, 1.82) is 0 Å². The van der Waals surface area contributed by atoms with E-state index in [0.717, 1.165) is 23.6 Å². The minimum Gasteiger partial charge on any atom is -0.311 e. The minimum absolute atomic E-state index is 0.106. The van der Waals surface area contributed by atoms with Crippen molar-refractivity contribution in [2.24, 2.45) is 0 Å².